The molecule has 30 heavy (non-hydrogen) atoms. The van der Waals surface area contributed by atoms with Crippen LogP contribution in [0.25, 0.3) is 11.4 Å². The maximum Gasteiger partial charge on any atom is 0.387 e. The van der Waals surface area contributed by atoms with Crippen molar-refractivity contribution in [2.75, 3.05) is 36.4 Å². The number of hydrogen-bond donors (Lipinski definition) is 1. The van der Waals surface area contributed by atoms with Crippen LogP contribution in [0, 0.1) is 0 Å². The van der Waals surface area contributed by atoms with Gasteiger partial charge in [0.1, 0.15) is 5.75 Å². The summed E-state index contributed by atoms with van der Waals surface area (Å²) in [7, 11) is 0. The molecule has 0 atom stereocenters. The average molecular weight is 431 g/mol. The Hall–Kier alpha value is -3.27. The molecule has 2 amide bonds. The second-order valence-electron chi connectivity index (χ2n) is 6.58. The van der Waals surface area contributed by atoms with Gasteiger partial charge in [-0.15, -0.1) is 0 Å². The lowest BCUT2D eigenvalue weighted by molar-refractivity contribution is -0.0497. The first-order valence-electron chi connectivity index (χ1n) is 9.33. The van der Waals surface area contributed by atoms with Crippen molar-refractivity contribution in [2.45, 2.75) is 6.61 Å². The minimum absolute atomic E-state index is 0.00175. The van der Waals surface area contributed by atoms with Crippen molar-refractivity contribution in [1.82, 2.24) is 14.3 Å². The molecular weight excluding hydrogens is 412 g/mol. The van der Waals surface area contributed by atoms with Crippen molar-refractivity contribution >= 4 is 28.4 Å². The van der Waals surface area contributed by atoms with Crippen molar-refractivity contribution in [1.29, 1.82) is 0 Å². The standard InChI is InChI=1S/C20H19F2N5O2S/c21-18(22)29-16-8-4-7-15(13-16)23-19(28)26-9-11-27(12-10-26)20-24-17(25-30-20)14-5-2-1-3-6-14/h1-8,13,18H,9-12H2,(H,23,28). The van der Waals surface area contributed by atoms with Crippen LogP contribution in [-0.2, 0) is 0 Å². The Kier molecular flexibility index (Phi) is 6.03. The SMILES string of the molecule is O=C(Nc1cccc(OC(F)F)c1)N1CCN(c2nc(-c3ccccc3)ns2)CC1. The molecule has 0 aliphatic carbocycles. The lowest BCUT2D eigenvalue weighted by Gasteiger charge is -2.34. The molecule has 1 fully saturated rings. The number of urea groups is 1. The van der Waals surface area contributed by atoms with E-state index in [0.717, 1.165) is 10.7 Å². The normalized spacial score (nSPS) is 14.1. The average Bonchev–Trinajstić information content (AvgIpc) is 3.25. The predicted octanol–water partition coefficient (Wildman–Crippen LogP) is 4.16. The quantitative estimate of drug-likeness (QED) is 0.657. The molecule has 1 aliphatic rings. The van der Waals surface area contributed by atoms with Gasteiger partial charge in [-0.2, -0.15) is 18.1 Å². The summed E-state index contributed by atoms with van der Waals surface area (Å²) < 4.78 is 33.5. The third-order valence-corrected chi connectivity index (χ3v) is 5.37. The molecule has 2 heterocycles. The third-order valence-electron chi connectivity index (χ3n) is 4.60. The Bertz CT molecular complexity index is 994. The molecule has 0 saturated carbocycles. The molecule has 4 rings (SSSR count). The summed E-state index contributed by atoms with van der Waals surface area (Å²) in [6.45, 7) is -0.623. The van der Waals surface area contributed by atoms with Crippen LogP contribution in [0.15, 0.2) is 54.6 Å². The van der Waals surface area contributed by atoms with Crippen LogP contribution >= 0.6 is 11.5 Å². The molecule has 3 aromatic rings. The van der Waals surface area contributed by atoms with Crippen LogP contribution in [0.5, 0.6) is 5.75 Å². The zero-order chi connectivity index (χ0) is 20.9. The largest absolute Gasteiger partial charge is 0.435 e. The molecule has 0 spiro atoms. The summed E-state index contributed by atoms with van der Waals surface area (Å²) in [4.78, 5) is 20.9. The number of nitrogens with one attached hydrogen (secondary N) is 1. The third kappa shape index (κ3) is 4.82. The Morgan fingerprint density at radius 1 is 1.07 bits per heavy atom. The van der Waals surface area contributed by atoms with Crippen molar-refractivity contribution in [3.63, 3.8) is 0 Å². The van der Waals surface area contributed by atoms with Gasteiger partial charge in [0, 0.05) is 55.0 Å². The molecule has 0 unspecified atom stereocenters. The smallest absolute Gasteiger partial charge is 0.387 e. The fourth-order valence-corrected chi connectivity index (χ4v) is 3.84. The van der Waals surface area contributed by atoms with Gasteiger partial charge in [0.05, 0.1) is 0 Å². The van der Waals surface area contributed by atoms with Gasteiger partial charge < -0.3 is 19.9 Å². The van der Waals surface area contributed by atoms with Gasteiger partial charge in [-0.05, 0) is 12.1 Å². The summed E-state index contributed by atoms with van der Waals surface area (Å²) >= 11 is 1.34. The minimum atomic E-state index is -2.91. The van der Waals surface area contributed by atoms with E-state index in [4.69, 9.17) is 0 Å². The van der Waals surface area contributed by atoms with Gasteiger partial charge in [-0.3, -0.25) is 0 Å². The van der Waals surface area contributed by atoms with Gasteiger partial charge in [0.15, 0.2) is 5.82 Å². The molecule has 2 aromatic carbocycles. The number of nitrogens with zero attached hydrogens (tertiary/aromatic N) is 4. The van der Waals surface area contributed by atoms with Crippen molar-refractivity contribution in [2.24, 2.45) is 0 Å². The first kappa shape index (κ1) is 20.0. The molecule has 10 heteroatoms. The maximum atomic E-state index is 12.5. The highest BCUT2D eigenvalue weighted by Crippen LogP contribution is 2.25. The molecule has 0 radical (unpaired) electrons. The van der Waals surface area contributed by atoms with Gasteiger partial charge in [-0.1, -0.05) is 36.4 Å². The van der Waals surface area contributed by atoms with E-state index in [0.29, 0.717) is 37.7 Å². The maximum absolute atomic E-state index is 12.5. The highest BCUT2D eigenvalue weighted by atomic mass is 32.1. The van der Waals surface area contributed by atoms with Crippen LogP contribution in [0.3, 0.4) is 0 Å². The summed E-state index contributed by atoms with van der Waals surface area (Å²) in [5.74, 6) is 0.694. The van der Waals surface area contributed by atoms with Crippen LogP contribution in [0.2, 0.25) is 0 Å². The van der Waals surface area contributed by atoms with Crippen molar-refractivity contribution < 1.29 is 18.3 Å². The first-order chi connectivity index (χ1) is 14.6. The van der Waals surface area contributed by atoms with Crippen molar-refractivity contribution in [3.8, 4) is 17.1 Å². The second-order valence-corrected chi connectivity index (χ2v) is 7.31. The zero-order valence-corrected chi connectivity index (χ0v) is 16.7. The Balaban J connectivity index is 1.32. The van der Waals surface area contributed by atoms with E-state index in [-0.39, 0.29) is 11.8 Å². The second kappa shape index (κ2) is 9.04. The van der Waals surface area contributed by atoms with Crippen LogP contribution < -0.4 is 15.0 Å². The predicted molar refractivity (Wildman–Crippen MR) is 111 cm³/mol. The molecular formula is C20H19F2N5O2S. The lowest BCUT2D eigenvalue weighted by atomic mass is 10.2. The van der Waals surface area contributed by atoms with Gasteiger partial charge >= 0.3 is 12.6 Å². The Morgan fingerprint density at radius 3 is 2.57 bits per heavy atom. The van der Waals surface area contributed by atoms with E-state index >= 15 is 0 Å². The highest BCUT2D eigenvalue weighted by Gasteiger charge is 2.23. The number of carbonyl (C=O) groups is 1. The summed E-state index contributed by atoms with van der Waals surface area (Å²) in [5.41, 5.74) is 1.37. The van der Waals surface area contributed by atoms with Crippen LogP contribution in [0.4, 0.5) is 24.4 Å². The van der Waals surface area contributed by atoms with Crippen LogP contribution in [0.1, 0.15) is 0 Å². The van der Waals surface area contributed by atoms with Crippen LogP contribution in [-0.4, -0.2) is 53.1 Å². The van der Waals surface area contributed by atoms with E-state index in [2.05, 4.69) is 24.3 Å². The first-order valence-corrected chi connectivity index (χ1v) is 10.1. The lowest BCUT2D eigenvalue weighted by Crippen LogP contribution is -2.50. The number of carbonyl (C=O) groups excluding carboxylic acids is 1. The highest BCUT2D eigenvalue weighted by molar-refractivity contribution is 7.09. The molecule has 156 valence electrons. The Morgan fingerprint density at radius 2 is 1.83 bits per heavy atom. The number of hydrogen-bond acceptors (Lipinski definition) is 6. The number of aromatic nitrogens is 2. The topological polar surface area (TPSA) is 70.6 Å². The fraction of sp³-hybridized carbons (Fsp3) is 0.250. The van der Waals surface area contributed by atoms with E-state index in [9.17, 15) is 13.6 Å². The van der Waals surface area contributed by atoms with Gasteiger partial charge in [0.25, 0.3) is 0 Å². The van der Waals surface area contributed by atoms with Gasteiger partial charge in [0.2, 0.25) is 5.13 Å². The zero-order valence-electron chi connectivity index (χ0n) is 15.9. The summed E-state index contributed by atoms with van der Waals surface area (Å²) in [5, 5.41) is 3.55. The number of amides is 2. The monoisotopic (exact) mass is 431 g/mol. The Labute approximate surface area is 176 Å². The van der Waals surface area contributed by atoms with E-state index < -0.39 is 6.61 Å². The number of rotatable bonds is 5. The fourth-order valence-electron chi connectivity index (χ4n) is 3.10. The van der Waals surface area contributed by atoms with E-state index in [1.807, 2.05) is 30.3 Å². The molecule has 1 saturated heterocycles. The number of benzene rings is 2. The number of alkyl halides is 2. The number of halogens is 2. The minimum Gasteiger partial charge on any atom is -0.435 e. The number of ether oxygens (including phenoxy) is 1. The number of anilines is 2. The van der Waals surface area contributed by atoms with E-state index in [1.54, 1.807) is 17.0 Å². The molecule has 1 aliphatic heterocycles. The number of piperazine rings is 1. The van der Waals surface area contributed by atoms with Crippen molar-refractivity contribution in [3.05, 3.63) is 54.6 Å². The molecule has 7 nitrogen and oxygen atoms in total. The summed E-state index contributed by atoms with van der Waals surface area (Å²) in [6, 6.07) is 15.4. The molecule has 0 bridgehead atoms. The van der Waals surface area contributed by atoms with Gasteiger partial charge in [-0.25, -0.2) is 4.79 Å². The van der Waals surface area contributed by atoms with E-state index in [1.165, 1.54) is 23.7 Å². The summed E-state index contributed by atoms with van der Waals surface area (Å²) in [6.07, 6.45) is 0. The molecule has 1 aromatic heterocycles. The molecule has 1 N–H and O–H groups in total.